The molecular formula is C19H30N2O3. The van der Waals surface area contributed by atoms with E-state index < -0.39 is 0 Å². The molecule has 0 saturated carbocycles. The highest BCUT2D eigenvalue weighted by molar-refractivity contribution is 5.76. The summed E-state index contributed by atoms with van der Waals surface area (Å²) in [6, 6.07) is 8.02. The third kappa shape index (κ3) is 6.49. The first kappa shape index (κ1) is 18.7. The maximum Gasteiger partial charge on any atom is 0.220 e. The van der Waals surface area contributed by atoms with Gasteiger partial charge in [0.25, 0.3) is 0 Å². The molecule has 0 aromatic heterocycles. The fourth-order valence-corrected chi connectivity index (χ4v) is 2.96. The minimum Gasteiger partial charge on any atom is -0.492 e. The zero-order valence-corrected chi connectivity index (χ0v) is 14.7. The van der Waals surface area contributed by atoms with Gasteiger partial charge in [0.2, 0.25) is 5.91 Å². The molecule has 1 atom stereocenters. The van der Waals surface area contributed by atoms with Gasteiger partial charge in [0.15, 0.2) is 0 Å². The van der Waals surface area contributed by atoms with Crippen LogP contribution in [0.25, 0.3) is 0 Å². The standard InChI is InChI=1S/C19H30N2O3/c1-2-3-6-17(19(20)22)14-16-5-4-7-18(15-16)24-13-10-21-8-11-23-12-9-21/h4-5,7,15,17H,2-3,6,8-14H2,1H3,(H2,20,22)/t17-/m1/s1. The van der Waals surface area contributed by atoms with Crippen molar-refractivity contribution in [1.29, 1.82) is 0 Å². The maximum atomic E-state index is 11.6. The highest BCUT2D eigenvalue weighted by Crippen LogP contribution is 2.19. The Morgan fingerprint density at radius 3 is 2.88 bits per heavy atom. The summed E-state index contributed by atoms with van der Waals surface area (Å²) in [4.78, 5) is 14.0. The van der Waals surface area contributed by atoms with Crippen molar-refractivity contribution >= 4 is 5.91 Å². The van der Waals surface area contributed by atoms with Gasteiger partial charge in [0.1, 0.15) is 12.4 Å². The molecule has 5 nitrogen and oxygen atoms in total. The van der Waals surface area contributed by atoms with Gasteiger partial charge in [-0.05, 0) is 30.5 Å². The Balaban J connectivity index is 1.82. The maximum absolute atomic E-state index is 11.6. The number of morpholine rings is 1. The molecule has 0 spiro atoms. The second-order valence-electron chi connectivity index (χ2n) is 6.40. The van der Waals surface area contributed by atoms with E-state index in [9.17, 15) is 4.79 Å². The zero-order chi connectivity index (χ0) is 17.2. The molecule has 1 saturated heterocycles. The largest absolute Gasteiger partial charge is 0.492 e. The van der Waals surface area contributed by atoms with Crippen LogP contribution in [0, 0.1) is 5.92 Å². The van der Waals surface area contributed by atoms with Crippen LogP contribution in [-0.2, 0) is 16.0 Å². The summed E-state index contributed by atoms with van der Waals surface area (Å²) in [5, 5.41) is 0. The Kier molecular flexibility index (Phi) is 8.05. The van der Waals surface area contributed by atoms with Gasteiger partial charge in [-0.3, -0.25) is 9.69 Å². The molecule has 0 bridgehead atoms. The molecule has 1 fully saturated rings. The molecule has 0 aliphatic carbocycles. The van der Waals surface area contributed by atoms with Crippen molar-refractivity contribution in [3.8, 4) is 5.75 Å². The summed E-state index contributed by atoms with van der Waals surface area (Å²) < 4.78 is 11.2. The molecule has 5 heteroatoms. The summed E-state index contributed by atoms with van der Waals surface area (Å²) >= 11 is 0. The number of hydrogen-bond acceptors (Lipinski definition) is 4. The van der Waals surface area contributed by atoms with Crippen LogP contribution in [0.15, 0.2) is 24.3 Å². The molecule has 1 aromatic rings. The lowest BCUT2D eigenvalue weighted by Crippen LogP contribution is -2.38. The molecule has 1 heterocycles. The van der Waals surface area contributed by atoms with Gasteiger partial charge in [0.05, 0.1) is 13.2 Å². The normalized spacial score (nSPS) is 16.7. The number of nitrogens with zero attached hydrogens (tertiary/aromatic N) is 1. The molecule has 1 aliphatic heterocycles. The van der Waals surface area contributed by atoms with Crippen LogP contribution in [0.3, 0.4) is 0 Å². The summed E-state index contributed by atoms with van der Waals surface area (Å²) in [5.74, 6) is 0.565. The van der Waals surface area contributed by atoms with Crippen LogP contribution in [0.4, 0.5) is 0 Å². The lowest BCUT2D eigenvalue weighted by Gasteiger charge is -2.26. The van der Waals surface area contributed by atoms with Gasteiger partial charge in [-0.25, -0.2) is 0 Å². The fourth-order valence-electron chi connectivity index (χ4n) is 2.96. The predicted molar refractivity (Wildman–Crippen MR) is 95.1 cm³/mol. The Bertz CT molecular complexity index is 501. The molecule has 24 heavy (non-hydrogen) atoms. The van der Waals surface area contributed by atoms with Gasteiger partial charge >= 0.3 is 0 Å². The smallest absolute Gasteiger partial charge is 0.220 e. The van der Waals surface area contributed by atoms with Gasteiger partial charge in [0, 0.05) is 25.6 Å². The van der Waals surface area contributed by atoms with Crippen LogP contribution >= 0.6 is 0 Å². The summed E-state index contributed by atoms with van der Waals surface area (Å²) in [7, 11) is 0. The highest BCUT2D eigenvalue weighted by Gasteiger charge is 2.16. The highest BCUT2D eigenvalue weighted by atomic mass is 16.5. The lowest BCUT2D eigenvalue weighted by atomic mass is 9.93. The minimum atomic E-state index is -0.206. The van der Waals surface area contributed by atoms with Gasteiger partial charge in [-0.2, -0.15) is 0 Å². The van der Waals surface area contributed by atoms with E-state index in [1.807, 2.05) is 24.3 Å². The predicted octanol–water partition coefficient (Wildman–Crippen LogP) is 2.23. The van der Waals surface area contributed by atoms with Crippen LogP contribution in [-0.4, -0.2) is 50.3 Å². The first-order valence-corrected chi connectivity index (χ1v) is 9.00. The van der Waals surface area contributed by atoms with E-state index in [1.54, 1.807) is 0 Å². The van der Waals surface area contributed by atoms with E-state index in [1.165, 1.54) is 0 Å². The topological polar surface area (TPSA) is 64.8 Å². The first-order chi connectivity index (χ1) is 11.7. The van der Waals surface area contributed by atoms with E-state index >= 15 is 0 Å². The monoisotopic (exact) mass is 334 g/mol. The number of amides is 1. The SMILES string of the molecule is CCCC[C@H](Cc1cccc(OCCN2CCOCC2)c1)C(N)=O. The molecule has 0 radical (unpaired) electrons. The Morgan fingerprint density at radius 2 is 2.17 bits per heavy atom. The number of benzene rings is 1. The lowest BCUT2D eigenvalue weighted by molar-refractivity contribution is -0.122. The number of hydrogen-bond donors (Lipinski definition) is 1. The number of ether oxygens (including phenoxy) is 2. The first-order valence-electron chi connectivity index (χ1n) is 9.00. The third-order valence-corrected chi connectivity index (χ3v) is 4.47. The molecule has 1 amide bonds. The van der Waals surface area contributed by atoms with Crippen LogP contribution in [0.2, 0.25) is 0 Å². The summed E-state index contributed by atoms with van der Waals surface area (Å²) in [6.45, 7) is 7.26. The molecule has 2 rings (SSSR count). The van der Waals surface area contributed by atoms with Crippen molar-refractivity contribution in [2.45, 2.75) is 32.6 Å². The minimum absolute atomic E-state index is 0.0893. The van der Waals surface area contributed by atoms with Gasteiger partial charge < -0.3 is 15.2 Å². The number of carbonyl (C=O) groups excluding carboxylic acids is 1. The molecule has 1 aliphatic rings. The average molecular weight is 334 g/mol. The van der Waals surface area contributed by atoms with Crippen molar-refractivity contribution in [1.82, 2.24) is 4.90 Å². The van der Waals surface area contributed by atoms with Gasteiger partial charge in [-0.1, -0.05) is 31.9 Å². The number of primary amides is 1. The molecule has 134 valence electrons. The van der Waals surface area contributed by atoms with Crippen LogP contribution < -0.4 is 10.5 Å². The van der Waals surface area contributed by atoms with Crippen molar-refractivity contribution < 1.29 is 14.3 Å². The van der Waals surface area contributed by atoms with E-state index in [4.69, 9.17) is 15.2 Å². The number of nitrogens with two attached hydrogens (primary N) is 1. The van der Waals surface area contributed by atoms with Crippen molar-refractivity contribution in [2.75, 3.05) is 39.5 Å². The van der Waals surface area contributed by atoms with Crippen LogP contribution in [0.5, 0.6) is 5.75 Å². The van der Waals surface area contributed by atoms with E-state index in [-0.39, 0.29) is 11.8 Å². The number of unbranched alkanes of at least 4 members (excludes halogenated alkanes) is 1. The second-order valence-corrected chi connectivity index (χ2v) is 6.40. The summed E-state index contributed by atoms with van der Waals surface area (Å²) in [5.41, 5.74) is 6.65. The van der Waals surface area contributed by atoms with Gasteiger partial charge in [-0.15, -0.1) is 0 Å². The summed E-state index contributed by atoms with van der Waals surface area (Å²) in [6.07, 6.45) is 3.65. The molecule has 0 unspecified atom stereocenters. The molecular weight excluding hydrogens is 304 g/mol. The molecule has 2 N–H and O–H groups in total. The quantitative estimate of drug-likeness (QED) is 0.713. The Labute approximate surface area is 145 Å². The number of rotatable bonds is 10. The van der Waals surface area contributed by atoms with E-state index in [0.29, 0.717) is 13.0 Å². The van der Waals surface area contributed by atoms with E-state index in [0.717, 1.165) is 63.4 Å². The van der Waals surface area contributed by atoms with Crippen molar-refractivity contribution in [3.63, 3.8) is 0 Å². The zero-order valence-electron chi connectivity index (χ0n) is 14.7. The average Bonchev–Trinajstić information content (AvgIpc) is 2.60. The molecule has 1 aromatic carbocycles. The number of carbonyl (C=O) groups is 1. The van der Waals surface area contributed by atoms with Crippen LogP contribution in [0.1, 0.15) is 31.7 Å². The third-order valence-electron chi connectivity index (χ3n) is 4.47. The van der Waals surface area contributed by atoms with Crippen molar-refractivity contribution in [3.05, 3.63) is 29.8 Å². The Morgan fingerprint density at radius 1 is 1.38 bits per heavy atom. The van der Waals surface area contributed by atoms with Crippen molar-refractivity contribution in [2.24, 2.45) is 11.7 Å². The Hall–Kier alpha value is -1.59. The fraction of sp³-hybridized carbons (Fsp3) is 0.632. The second kappa shape index (κ2) is 10.3. The van der Waals surface area contributed by atoms with E-state index in [2.05, 4.69) is 11.8 Å².